The molecule has 1 aliphatic heterocycles. The zero-order valence-electron chi connectivity index (χ0n) is 16.9. The van der Waals surface area contributed by atoms with Crippen molar-refractivity contribution in [1.82, 2.24) is 9.80 Å². The molecule has 1 saturated heterocycles. The molecule has 0 aliphatic carbocycles. The van der Waals surface area contributed by atoms with Crippen LogP contribution in [0.2, 0.25) is 0 Å². The molecule has 9 heteroatoms. The number of rotatable bonds is 5. The van der Waals surface area contributed by atoms with Crippen molar-refractivity contribution in [2.75, 3.05) is 19.8 Å². The summed E-state index contributed by atoms with van der Waals surface area (Å²) in [7, 11) is -2.08. The highest BCUT2D eigenvalue weighted by atomic mass is 32.2. The number of hydrogen-bond donors (Lipinski definition) is 0. The highest BCUT2D eigenvalue weighted by molar-refractivity contribution is 7.86. The molecule has 8 nitrogen and oxygen atoms in total. The molecule has 1 aromatic carbocycles. The predicted octanol–water partition coefficient (Wildman–Crippen LogP) is 2.00. The number of carbonyl (C=O) groups excluding carboxylic acids is 2. The molecule has 0 N–H and O–H groups in total. The van der Waals surface area contributed by atoms with Crippen molar-refractivity contribution in [2.45, 2.75) is 51.4 Å². The standard InChI is InChI=1S/C19H28N2O6S/c1-19(2,3)26-18(23)21-13-15(11-16(21)17(22)27-28(5,24)25)20(4)12-14-9-7-6-8-10-14/h6-10,15-16H,11-13H2,1-5H3/t15-,16+/m1/s1. The summed E-state index contributed by atoms with van der Waals surface area (Å²) in [6, 6.07) is 8.63. The Morgan fingerprint density at radius 1 is 1.21 bits per heavy atom. The summed E-state index contributed by atoms with van der Waals surface area (Å²) >= 11 is 0. The predicted molar refractivity (Wildman–Crippen MR) is 104 cm³/mol. The Kier molecular flexibility index (Phi) is 6.71. The third-order valence-electron chi connectivity index (χ3n) is 4.31. The SMILES string of the molecule is CN(Cc1ccccc1)[C@@H]1C[C@@H](C(=O)OS(C)(=O)=O)N(C(=O)OC(C)(C)C)C1. The van der Waals surface area contributed by atoms with Gasteiger partial charge in [-0.15, -0.1) is 0 Å². The molecule has 1 aromatic rings. The number of carbonyl (C=O) groups is 2. The molecule has 2 rings (SSSR count). The fourth-order valence-corrected chi connectivity index (χ4v) is 3.49. The second kappa shape index (κ2) is 8.48. The molecule has 156 valence electrons. The van der Waals surface area contributed by atoms with Gasteiger partial charge in [0, 0.05) is 19.1 Å². The van der Waals surface area contributed by atoms with Crippen LogP contribution in [0.15, 0.2) is 30.3 Å². The van der Waals surface area contributed by atoms with Gasteiger partial charge in [-0.25, -0.2) is 9.59 Å². The van der Waals surface area contributed by atoms with Crippen LogP contribution in [0.1, 0.15) is 32.8 Å². The van der Waals surface area contributed by atoms with E-state index in [4.69, 9.17) is 4.74 Å². The molecule has 1 fully saturated rings. The van der Waals surface area contributed by atoms with Crippen molar-refractivity contribution in [1.29, 1.82) is 0 Å². The zero-order chi connectivity index (χ0) is 21.1. The fraction of sp³-hybridized carbons (Fsp3) is 0.579. The van der Waals surface area contributed by atoms with Crippen LogP contribution in [-0.4, -0.2) is 67.8 Å². The number of ether oxygens (including phenoxy) is 1. The Morgan fingerprint density at radius 2 is 1.82 bits per heavy atom. The summed E-state index contributed by atoms with van der Waals surface area (Å²) in [6.07, 6.45) is 0.395. The Bertz CT molecular complexity index is 803. The highest BCUT2D eigenvalue weighted by Gasteiger charge is 2.44. The minimum absolute atomic E-state index is 0.148. The topological polar surface area (TPSA) is 93.2 Å². The number of likely N-dealkylation sites (tertiary alicyclic amines) is 1. The van der Waals surface area contributed by atoms with Crippen LogP contribution < -0.4 is 0 Å². The molecule has 1 heterocycles. The van der Waals surface area contributed by atoms with Gasteiger partial charge in [0.05, 0.1) is 6.26 Å². The van der Waals surface area contributed by atoms with Crippen LogP contribution in [0.3, 0.4) is 0 Å². The minimum Gasteiger partial charge on any atom is -0.444 e. The van der Waals surface area contributed by atoms with Crippen LogP contribution in [0.5, 0.6) is 0 Å². The lowest BCUT2D eigenvalue weighted by molar-refractivity contribution is -0.138. The van der Waals surface area contributed by atoms with E-state index in [-0.39, 0.29) is 19.0 Å². The average Bonchev–Trinajstić information content (AvgIpc) is 2.98. The minimum atomic E-state index is -3.97. The Morgan fingerprint density at radius 3 is 2.36 bits per heavy atom. The quantitative estimate of drug-likeness (QED) is 0.683. The lowest BCUT2D eigenvalue weighted by Gasteiger charge is -2.28. The first-order valence-electron chi connectivity index (χ1n) is 9.03. The summed E-state index contributed by atoms with van der Waals surface area (Å²) in [6.45, 7) is 6.04. The lowest BCUT2D eigenvalue weighted by Crippen LogP contribution is -2.44. The molecule has 0 saturated carbocycles. The Hall–Kier alpha value is -2.13. The van der Waals surface area contributed by atoms with Crippen molar-refractivity contribution in [3.8, 4) is 0 Å². The highest BCUT2D eigenvalue weighted by Crippen LogP contribution is 2.26. The van der Waals surface area contributed by atoms with E-state index < -0.39 is 33.8 Å². The molecular formula is C19H28N2O6S. The fourth-order valence-electron chi connectivity index (χ4n) is 3.08. The van der Waals surface area contributed by atoms with Gasteiger partial charge in [0.1, 0.15) is 11.6 Å². The average molecular weight is 413 g/mol. The maximum Gasteiger partial charge on any atom is 0.411 e. The van der Waals surface area contributed by atoms with Crippen LogP contribution >= 0.6 is 0 Å². The smallest absolute Gasteiger partial charge is 0.411 e. The van der Waals surface area contributed by atoms with Crippen LogP contribution in [-0.2, 0) is 30.4 Å². The van der Waals surface area contributed by atoms with Crippen molar-refractivity contribution in [3.05, 3.63) is 35.9 Å². The second-order valence-corrected chi connectivity index (χ2v) is 9.62. The van der Waals surface area contributed by atoms with Crippen LogP contribution in [0.4, 0.5) is 4.79 Å². The van der Waals surface area contributed by atoms with Gasteiger partial charge in [-0.3, -0.25) is 9.80 Å². The molecular weight excluding hydrogens is 384 g/mol. The largest absolute Gasteiger partial charge is 0.444 e. The van der Waals surface area contributed by atoms with Gasteiger partial charge < -0.3 is 8.92 Å². The Balaban J connectivity index is 2.17. The summed E-state index contributed by atoms with van der Waals surface area (Å²) in [5.41, 5.74) is 0.354. The molecule has 0 bridgehead atoms. The van der Waals surface area contributed by atoms with E-state index >= 15 is 0 Å². The molecule has 2 atom stereocenters. The number of likely N-dealkylation sites (N-methyl/N-ethyl adjacent to an activating group) is 1. The van der Waals surface area contributed by atoms with Gasteiger partial charge >= 0.3 is 22.2 Å². The van der Waals surface area contributed by atoms with E-state index in [0.29, 0.717) is 6.54 Å². The van der Waals surface area contributed by atoms with Crippen molar-refractivity contribution < 1.29 is 26.9 Å². The van der Waals surface area contributed by atoms with E-state index in [1.165, 1.54) is 4.90 Å². The first-order chi connectivity index (χ1) is 12.9. The maximum atomic E-state index is 12.6. The van der Waals surface area contributed by atoms with Crippen LogP contribution in [0, 0.1) is 0 Å². The number of nitrogens with zero attached hydrogens (tertiary/aromatic N) is 2. The van der Waals surface area contributed by atoms with Gasteiger partial charge in [0.25, 0.3) is 0 Å². The van der Waals surface area contributed by atoms with Gasteiger partial charge in [-0.2, -0.15) is 8.42 Å². The lowest BCUT2D eigenvalue weighted by atomic mass is 10.1. The third-order valence-corrected chi connectivity index (χ3v) is 4.78. The zero-order valence-corrected chi connectivity index (χ0v) is 17.7. The van der Waals surface area contributed by atoms with E-state index in [2.05, 4.69) is 4.18 Å². The normalized spacial score (nSPS) is 20.3. The van der Waals surface area contributed by atoms with Crippen molar-refractivity contribution >= 4 is 22.2 Å². The van der Waals surface area contributed by atoms with Crippen molar-refractivity contribution in [2.24, 2.45) is 0 Å². The number of benzene rings is 1. The monoisotopic (exact) mass is 412 g/mol. The van der Waals surface area contributed by atoms with Crippen molar-refractivity contribution in [3.63, 3.8) is 0 Å². The molecule has 1 aliphatic rings. The molecule has 0 unspecified atom stereocenters. The Labute approximate surface area is 166 Å². The van der Waals surface area contributed by atoms with E-state index in [1.807, 2.05) is 42.3 Å². The molecule has 28 heavy (non-hydrogen) atoms. The molecule has 0 aromatic heterocycles. The van der Waals surface area contributed by atoms with Crippen LogP contribution in [0.25, 0.3) is 0 Å². The first-order valence-corrected chi connectivity index (χ1v) is 10.8. The molecule has 1 amide bonds. The number of hydrogen-bond acceptors (Lipinski definition) is 7. The van der Waals surface area contributed by atoms with Gasteiger partial charge in [-0.05, 0) is 39.8 Å². The first kappa shape index (κ1) is 22.2. The van der Waals surface area contributed by atoms with Gasteiger partial charge in [-0.1, -0.05) is 30.3 Å². The summed E-state index contributed by atoms with van der Waals surface area (Å²) in [5, 5.41) is 0. The van der Waals surface area contributed by atoms with E-state index in [0.717, 1.165) is 11.8 Å². The summed E-state index contributed by atoms with van der Waals surface area (Å²) < 4.78 is 32.7. The van der Waals surface area contributed by atoms with Gasteiger partial charge in [0.15, 0.2) is 0 Å². The maximum absolute atomic E-state index is 12.6. The summed E-state index contributed by atoms with van der Waals surface area (Å²) in [4.78, 5) is 28.3. The van der Waals surface area contributed by atoms with E-state index in [9.17, 15) is 18.0 Å². The second-order valence-electron chi connectivity index (χ2n) is 8.05. The third kappa shape index (κ3) is 6.49. The van der Waals surface area contributed by atoms with Gasteiger partial charge in [0.2, 0.25) is 0 Å². The molecule has 0 radical (unpaired) electrons. The molecule has 0 spiro atoms. The van der Waals surface area contributed by atoms with E-state index in [1.54, 1.807) is 20.8 Å². The number of amides is 1. The summed E-state index contributed by atoms with van der Waals surface area (Å²) in [5.74, 6) is -0.969.